The molecular formula is C18H24N4O3. The first kappa shape index (κ1) is 17.3. The van der Waals surface area contributed by atoms with Crippen molar-refractivity contribution in [2.75, 3.05) is 23.3 Å². The van der Waals surface area contributed by atoms with Crippen molar-refractivity contribution in [1.29, 1.82) is 0 Å². The Labute approximate surface area is 145 Å². The van der Waals surface area contributed by atoms with Gasteiger partial charge in [0, 0.05) is 33.1 Å². The van der Waals surface area contributed by atoms with Crippen LogP contribution in [0.5, 0.6) is 0 Å². The molecule has 0 aliphatic heterocycles. The topological polar surface area (TPSA) is 76.3 Å². The number of amides is 1. The van der Waals surface area contributed by atoms with Crippen LogP contribution in [0.3, 0.4) is 0 Å². The van der Waals surface area contributed by atoms with Crippen LogP contribution >= 0.6 is 0 Å². The molecule has 3 rings (SSSR count). The minimum Gasteiger partial charge on any atom is -0.370 e. The zero-order valence-corrected chi connectivity index (χ0v) is 15.1. The summed E-state index contributed by atoms with van der Waals surface area (Å²) in [5, 5.41) is 3.01. The number of benzene rings is 1. The molecule has 1 N–H and O–H groups in total. The van der Waals surface area contributed by atoms with E-state index in [1.807, 2.05) is 19.9 Å². The highest BCUT2D eigenvalue weighted by atomic mass is 16.2. The standard InChI is InChI=1S/C18H24N4O3/c1-5-22(6-2)13-10-15-14(20(3)17(24)18(25)21(15)4)9-12(13)19-16(23)11-7-8-11/h9-11H,5-8H2,1-4H3,(H,19,23). The van der Waals surface area contributed by atoms with Crippen LogP contribution in [0.4, 0.5) is 11.4 Å². The molecule has 1 aliphatic carbocycles. The Hall–Kier alpha value is -2.57. The van der Waals surface area contributed by atoms with Crippen molar-refractivity contribution in [3.63, 3.8) is 0 Å². The largest absolute Gasteiger partial charge is 0.370 e. The highest BCUT2D eigenvalue weighted by Gasteiger charge is 2.30. The summed E-state index contributed by atoms with van der Waals surface area (Å²) >= 11 is 0. The minimum absolute atomic E-state index is 0.0163. The number of nitrogens with zero attached hydrogens (tertiary/aromatic N) is 3. The zero-order valence-electron chi connectivity index (χ0n) is 15.1. The van der Waals surface area contributed by atoms with Gasteiger partial charge in [-0.2, -0.15) is 0 Å². The Morgan fingerprint density at radius 1 is 1.08 bits per heavy atom. The maximum atomic E-state index is 12.3. The van der Waals surface area contributed by atoms with E-state index in [0.29, 0.717) is 16.7 Å². The third-order valence-electron chi connectivity index (χ3n) is 4.92. The summed E-state index contributed by atoms with van der Waals surface area (Å²) in [6.45, 7) is 5.63. The second-order valence-electron chi connectivity index (χ2n) is 6.52. The van der Waals surface area contributed by atoms with Gasteiger partial charge in [0.1, 0.15) is 0 Å². The van der Waals surface area contributed by atoms with Gasteiger partial charge >= 0.3 is 11.1 Å². The number of hydrogen-bond acceptors (Lipinski definition) is 4. The van der Waals surface area contributed by atoms with E-state index in [2.05, 4.69) is 10.2 Å². The second-order valence-corrected chi connectivity index (χ2v) is 6.52. The predicted molar refractivity (Wildman–Crippen MR) is 99.3 cm³/mol. The van der Waals surface area contributed by atoms with Crippen molar-refractivity contribution in [2.24, 2.45) is 20.0 Å². The van der Waals surface area contributed by atoms with Crippen molar-refractivity contribution in [3.05, 3.63) is 32.8 Å². The Kier molecular flexibility index (Phi) is 4.41. The molecule has 0 atom stereocenters. The van der Waals surface area contributed by atoms with E-state index in [0.717, 1.165) is 31.6 Å². The lowest BCUT2D eigenvalue weighted by molar-refractivity contribution is -0.117. The average molecular weight is 344 g/mol. The van der Waals surface area contributed by atoms with Crippen molar-refractivity contribution < 1.29 is 4.79 Å². The lowest BCUT2D eigenvalue weighted by Crippen LogP contribution is -2.39. The number of anilines is 2. The fourth-order valence-electron chi connectivity index (χ4n) is 3.12. The van der Waals surface area contributed by atoms with Crippen molar-refractivity contribution in [1.82, 2.24) is 9.13 Å². The van der Waals surface area contributed by atoms with Gasteiger partial charge < -0.3 is 19.4 Å². The molecule has 2 aromatic rings. The summed E-state index contributed by atoms with van der Waals surface area (Å²) in [7, 11) is 3.18. The predicted octanol–water partition coefficient (Wildman–Crippen LogP) is 1.43. The average Bonchev–Trinajstić information content (AvgIpc) is 3.45. The summed E-state index contributed by atoms with van der Waals surface area (Å²) in [4.78, 5) is 38.7. The van der Waals surface area contributed by atoms with Crippen LogP contribution in [0.1, 0.15) is 26.7 Å². The van der Waals surface area contributed by atoms with E-state index in [9.17, 15) is 14.4 Å². The van der Waals surface area contributed by atoms with Gasteiger partial charge in [0.2, 0.25) is 5.91 Å². The molecule has 1 heterocycles. The van der Waals surface area contributed by atoms with Gasteiger partial charge in [-0.1, -0.05) is 0 Å². The normalized spacial score (nSPS) is 13.9. The highest BCUT2D eigenvalue weighted by molar-refractivity contribution is 6.00. The molecule has 7 nitrogen and oxygen atoms in total. The number of aromatic nitrogens is 2. The maximum absolute atomic E-state index is 12.3. The van der Waals surface area contributed by atoms with Crippen molar-refractivity contribution >= 4 is 28.3 Å². The summed E-state index contributed by atoms with van der Waals surface area (Å²) in [5.74, 6) is 0.103. The summed E-state index contributed by atoms with van der Waals surface area (Å²) in [6.07, 6.45) is 1.85. The number of hydrogen-bond donors (Lipinski definition) is 1. The van der Waals surface area contributed by atoms with Gasteiger partial charge in [0.05, 0.1) is 22.4 Å². The molecule has 0 bridgehead atoms. The van der Waals surface area contributed by atoms with Crippen molar-refractivity contribution in [2.45, 2.75) is 26.7 Å². The first-order chi connectivity index (χ1) is 11.9. The molecule has 1 aromatic carbocycles. The van der Waals surface area contributed by atoms with E-state index in [4.69, 9.17) is 0 Å². The zero-order chi connectivity index (χ0) is 18.3. The lowest BCUT2D eigenvalue weighted by atomic mass is 10.1. The molecule has 1 aromatic heterocycles. The minimum atomic E-state index is -0.579. The summed E-state index contributed by atoms with van der Waals surface area (Å²) < 4.78 is 2.72. The number of carbonyl (C=O) groups excluding carboxylic acids is 1. The third-order valence-corrected chi connectivity index (χ3v) is 4.92. The summed E-state index contributed by atoms with van der Waals surface area (Å²) in [6, 6.07) is 3.68. The van der Waals surface area contributed by atoms with Gasteiger partial charge in [-0.15, -0.1) is 0 Å². The number of fused-ring (bicyclic) bond motifs is 1. The third kappa shape index (κ3) is 2.94. The molecule has 0 spiro atoms. The van der Waals surface area contributed by atoms with Crippen LogP contribution in [-0.2, 0) is 18.9 Å². The Morgan fingerprint density at radius 2 is 1.60 bits per heavy atom. The number of rotatable bonds is 5. The van der Waals surface area contributed by atoms with Gasteiger partial charge in [-0.05, 0) is 38.8 Å². The highest BCUT2D eigenvalue weighted by Crippen LogP contribution is 2.34. The molecule has 0 unspecified atom stereocenters. The number of carbonyl (C=O) groups is 1. The van der Waals surface area contributed by atoms with E-state index in [1.54, 1.807) is 20.2 Å². The molecule has 7 heteroatoms. The van der Waals surface area contributed by atoms with Crippen LogP contribution in [0, 0.1) is 5.92 Å². The van der Waals surface area contributed by atoms with Crippen LogP contribution in [0.2, 0.25) is 0 Å². The number of nitrogens with one attached hydrogen (secondary N) is 1. The lowest BCUT2D eigenvalue weighted by Gasteiger charge is -2.25. The first-order valence-electron chi connectivity index (χ1n) is 8.68. The van der Waals surface area contributed by atoms with Gasteiger partial charge in [-0.3, -0.25) is 14.4 Å². The van der Waals surface area contributed by atoms with Crippen molar-refractivity contribution in [3.8, 4) is 0 Å². The SMILES string of the molecule is CCN(CC)c1cc2c(cc1NC(=O)C1CC1)n(C)c(=O)c(=O)n2C. The van der Waals surface area contributed by atoms with Gasteiger partial charge in [-0.25, -0.2) is 0 Å². The monoisotopic (exact) mass is 344 g/mol. The van der Waals surface area contributed by atoms with E-state index in [-0.39, 0.29) is 11.8 Å². The van der Waals surface area contributed by atoms with Crippen LogP contribution < -0.4 is 21.3 Å². The van der Waals surface area contributed by atoms with Crippen LogP contribution in [-0.4, -0.2) is 28.1 Å². The molecule has 1 amide bonds. The molecule has 0 saturated heterocycles. The van der Waals surface area contributed by atoms with E-state index < -0.39 is 11.1 Å². The quantitative estimate of drug-likeness (QED) is 0.833. The molecule has 1 fully saturated rings. The molecule has 134 valence electrons. The van der Waals surface area contributed by atoms with Crippen LogP contribution in [0.15, 0.2) is 21.7 Å². The first-order valence-corrected chi connectivity index (χ1v) is 8.68. The van der Waals surface area contributed by atoms with Gasteiger partial charge in [0.25, 0.3) is 0 Å². The Bertz CT molecular complexity index is 949. The summed E-state index contributed by atoms with van der Waals surface area (Å²) in [5.41, 5.74) is 1.69. The molecule has 25 heavy (non-hydrogen) atoms. The Balaban J connectivity index is 2.26. The number of aryl methyl sites for hydroxylation is 2. The molecule has 1 aliphatic rings. The second kappa shape index (κ2) is 6.38. The fourth-order valence-corrected chi connectivity index (χ4v) is 3.12. The Morgan fingerprint density at radius 3 is 2.08 bits per heavy atom. The maximum Gasteiger partial charge on any atom is 0.316 e. The van der Waals surface area contributed by atoms with E-state index >= 15 is 0 Å². The fraction of sp³-hybridized carbons (Fsp3) is 0.500. The van der Waals surface area contributed by atoms with Gasteiger partial charge in [0.15, 0.2) is 0 Å². The van der Waals surface area contributed by atoms with Crippen LogP contribution in [0.25, 0.3) is 11.0 Å². The molecule has 1 saturated carbocycles. The smallest absolute Gasteiger partial charge is 0.316 e. The molecule has 0 radical (unpaired) electrons. The molecular weight excluding hydrogens is 320 g/mol. The van der Waals surface area contributed by atoms with E-state index in [1.165, 1.54) is 9.13 Å².